The summed E-state index contributed by atoms with van der Waals surface area (Å²) in [6.45, 7) is 3.50. The van der Waals surface area contributed by atoms with Gasteiger partial charge < -0.3 is 9.01 Å². The molecule has 0 spiro atoms. The topological polar surface area (TPSA) is 35.5 Å². The van der Waals surface area contributed by atoms with Gasteiger partial charge >= 0.3 is 5.24 Å². The highest BCUT2D eigenvalue weighted by molar-refractivity contribution is 14.2. The maximum absolute atomic E-state index is 11.4. The fourth-order valence-corrected chi connectivity index (χ4v) is 2.72. The van der Waals surface area contributed by atoms with Crippen LogP contribution in [0.3, 0.4) is 0 Å². The third kappa shape index (κ3) is 9.15. The Kier molecular flexibility index (Phi) is 6.02. The molecule has 13 heavy (non-hydrogen) atoms. The summed E-state index contributed by atoms with van der Waals surface area (Å²) in [5.41, 5.74) is 0. The van der Waals surface area contributed by atoms with Crippen molar-refractivity contribution >= 4 is 27.3 Å². The average Bonchev–Trinajstić information content (AvgIpc) is 1.82. The SMILES string of the molecule is CCOP(=O)(I)OCC[N+](C)(C)C. The average molecular weight is 322 g/mol. The molecule has 0 rings (SSSR count). The molecule has 0 N–H and O–H groups in total. The molecule has 4 nitrogen and oxygen atoms in total. The maximum atomic E-state index is 11.4. The summed E-state index contributed by atoms with van der Waals surface area (Å²) in [7, 11) is 6.17. The first kappa shape index (κ1) is 13.8. The van der Waals surface area contributed by atoms with Gasteiger partial charge in [0, 0.05) is 0 Å². The van der Waals surface area contributed by atoms with E-state index in [0.717, 1.165) is 11.0 Å². The van der Waals surface area contributed by atoms with Crippen LogP contribution in [0.1, 0.15) is 6.92 Å². The molecule has 0 aliphatic carbocycles. The first-order chi connectivity index (χ1) is 5.77. The first-order valence-corrected chi connectivity index (χ1v) is 8.49. The van der Waals surface area contributed by atoms with Crippen LogP contribution < -0.4 is 0 Å². The first-order valence-electron chi connectivity index (χ1n) is 4.16. The number of quaternary nitrogens is 1. The van der Waals surface area contributed by atoms with Crippen LogP contribution in [0, 0.1) is 0 Å². The Balaban J connectivity index is 3.70. The third-order valence-electron chi connectivity index (χ3n) is 1.29. The van der Waals surface area contributed by atoms with Crippen LogP contribution in [-0.2, 0) is 13.6 Å². The van der Waals surface area contributed by atoms with E-state index in [2.05, 4.69) is 21.1 Å². The quantitative estimate of drug-likeness (QED) is 0.428. The second-order valence-electron chi connectivity index (χ2n) is 3.70. The van der Waals surface area contributed by atoms with E-state index in [1.807, 2.05) is 0 Å². The lowest BCUT2D eigenvalue weighted by atomic mass is 10.5. The van der Waals surface area contributed by atoms with Gasteiger partial charge in [-0.05, 0) is 6.92 Å². The summed E-state index contributed by atoms with van der Waals surface area (Å²) in [5.74, 6) is 0. The summed E-state index contributed by atoms with van der Waals surface area (Å²) >= 11 is 1.73. The molecule has 80 valence electrons. The van der Waals surface area contributed by atoms with Gasteiger partial charge in [0.05, 0.1) is 49.8 Å². The molecule has 1 atom stereocenters. The summed E-state index contributed by atoms with van der Waals surface area (Å²) in [4.78, 5) is 0. The molecule has 0 aromatic rings. The zero-order chi connectivity index (χ0) is 10.5. The van der Waals surface area contributed by atoms with Crippen molar-refractivity contribution in [3.05, 3.63) is 0 Å². The highest BCUT2D eigenvalue weighted by Gasteiger charge is 2.19. The molecule has 0 heterocycles. The highest BCUT2D eigenvalue weighted by Crippen LogP contribution is 2.56. The number of hydrogen-bond acceptors (Lipinski definition) is 3. The fourth-order valence-electron chi connectivity index (χ4n) is 0.615. The molecule has 0 aromatic heterocycles. The number of hydrogen-bond donors (Lipinski definition) is 0. The van der Waals surface area contributed by atoms with Crippen LogP contribution in [0.4, 0.5) is 0 Å². The Morgan fingerprint density at radius 2 is 1.85 bits per heavy atom. The van der Waals surface area contributed by atoms with Crippen molar-refractivity contribution < 1.29 is 18.1 Å². The second-order valence-corrected chi connectivity index (χ2v) is 8.62. The molecule has 0 bridgehead atoms. The number of halogens is 1. The minimum Gasteiger partial charge on any atom is -0.329 e. The van der Waals surface area contributed by atoms with E-state index in [4.69, 9.17) is 9.05 Å². The van der Waals surface area contributed by atoms with E-state index in [9.17, 15) is 4.57 Å². The van der Waals surface area contributed by atoms with Gasteiger partial charge in [0.1, 0.15) is 13.2 Å². The van der Waals surface area contributed by atoms with Gasteiger partial charge in [-0.2, -0.15) is 0 Å². The molecule has 0 saturated carbocycles. The molecule has 0 fully saturated rings. The fraction of sp³-hybridized carbons (Fsp3) is 1.00. The van der Waals surface area contributed by atoms with Gasteiger partial charge in [0.2, 0.25) is 0 Å². The largest absolute Gasteiger partial charge is 0.389 e. The molecule has 0 radical (unpaired) electrons. The Morgan fingerprint density at radius 1 is 1.31 bits per heavy atom. The molecule has 0 aliphatic heterocycles. The minimum absolute atomic E-state index is 0.421. The van der Waals surface area contributed by atoms with Crippen LogP contribution in [0.25, 0.3) is 0 Å². The van der Waals surface area contributed by atoms with E-state index in [-0.39, 0.29) is 0 Å². The zero-order valence-electron chi connectivity index (χ0n) is 8.62. The van der Waals surface area contributed by atoms with Gasteiger partial charge in [-0.25, -0.2) is 4.57 Å². The van der Waals surface area contributed by atoms with Gasteiger partial charge in [0.15, 0.2) is 0 Å². The Hall–Kier alpha value is 0.840. The molecule has 0 aromatic carbocycles. The molecule has 0 saturated heterocycles. The molecule has 0 amide bonds. The van der Waals surface area contributed by atoms with Gasteiger partial charge in [-0.15, -0.1) is 0 Å². The number of likely N-dealkylation sites (N-methyl/N-ethyl adjacent to an activating group) is 1. The minimum atomic E-state index is -2.82. The predicted octanol–water partition coefficient (Wildman–Crippen LogP) is 2.29. The highest BCUT2D eigenvalue weighted by atomic mass is 127. The lowest BCUT2D eigenvalue weighted by Crippen LogP contribution is -2.37. The van der Waals surface area contributed by atoms with Crippen molar-refractivity contribution in [2.45, 2.75) is 6.92 Å². The summed E-state index contributed by atoms with van der Waals surface area (Å²) in [6.07, 6.45) is 0. The molecule has 6 heteroatoms. The van der Waals surface area contributed by atoms with Crippen LogP contribution in [0.5, 0.6) is 0 Å². The lowest BCUT2D eigenvalue weighted by molar-refractivity contribution is -0.870. The molecular weight excluding hydrogens is 304 g/mol. The van der Waals surface area contributed by atoms with Crippen molar-refractivity contribution in [2.75, 3.05) is 40.9 Å². The van der Waals surface area contributed by atoms with Crippen LogP contribution >= 0.6 is 27.3 Å². The van der Waals surface area contributed by atoms with Crippen LogP contribution in [0.2, 0.25) is 0 Å². The number of nitrogens with zero attached hydrogens (tertiary/aromatic N) is 1. The monoisotopic (exact) mass is 322 g/mol. The van der Waals surface area contributed by atoms with E-state index in [0.29, 0.717) is 13.2 Å². The van der Waals surface area contributed by atoms with Crippen molar-refractivity contribution in [3.63, 3.8) is 0 Å². The Labute approximate surface area is 93.2 Å². The molecular formula is C7H18INO3P+. The number of rotatable bonds is 6. The van der Waals surface area contributed by atoms with Crippen LogP contribution in [0.15, 0.2) is 0 Å². The van der Waals surface area contributed by atoms with E-state index < -0.39 is 5.24 Å². The van der Waals surface area contributed by atoms with Gasteiger partial charge in [-0.1, -0.05) is 0 Å². The molecule has 1 unspecified atom stereocenters. The normalized spacial score (nSPS) is 17.0. The Morgan fingerprint density at radius 3 is 2.23 bits per heavy atom. The van der Waals surface area contributed by atoms with Crippen LogP contribution in [-0.4, -0.2) is 45.4 Å². The predicted molar refractivity (Wildman–Crippen MR) is 62.1 cm³/mol. The standard InChI is InChI=1S/C7H18INO3P/c1-5-11-13(8,10)12-7-6-9(2,3)4/h5-7H2,1-4H3/q+1. The second kappa shape index (κ2) is 5.66. The summed E-state index contributed by atoms with van der Waals surface area (Å²) in [5, 5.41) is -2.82. The summed E-state index contributed by atoms with van der Waals surface area (Å²) in [6, 6.07) is 0. The van der Waals surface area contributed by atoms with E-state index in [1.165, 1.54) is 0 Å². The van der Waals surface area contributed by atoms with Crippen molar-refractivity contribution in [1.82, 2.24) is 0 Å². The molecule has 0 aliphatic rings. The smallest absolute Gasteiger partial charge is 0.329 e. The van der Waals surface area contributed by atoms with Crippen molar-refractivity contribution in [1.29, 1.82) is 0 Å². The van der Waals surface area contributed by atoms with Gasteiger partial charge in [-0.3, -0.25) is 4.52 Å². The van der Waals surface area contributed by atoms with Crippen molar-refractivity contribution in [2.24, 2.45) is 0 Å². The lowest BCUT2D eigenvalue weighted by Gasteiger charge is -2.24. The maximum Gasteiger partial charge on any atom is 0.389 e. The van der Waals surface area contributed by atoms with E-state index >= 15 is 0 Å². The summed E-state index contributed by atoms with van der Waals surface area (Å²) < 4.78 is 22.3. The van der Waals surface area contributed by atoms with Gasteiger partial charge in [0.25, 0.3) is 0 Å². The zero-order valence-corrected chi connectivity index (χ0v) is 11.7. The Bertz CT molecular complexity index is 193. The third-order valence-corrected chi connectivity index (χ3v) is 4.02. The van der Waals surface area contributed by atoms with E-state index in [1.54, 1.807) is 29.0 Å². The van der Waals surface area contributed by atoms with Crippen molar-refractivity contribution in [3.8, 4) is 0 Å².